The summed E-state index contributed by atoms with van der Waals surface area (Å²) in [5, 5.41) is 11.6. The van der Waals surface area contributed by atoms with Crippen LogP contribution >= 0.6 is 0 Å². The van der Waals surface area contributed by atoms with Gasteiger partial charge in [0, 0.05) is 38.8 Å². The number of ether oxygens (including phenoxy) is 1. The molecule has 0 saturated carbocycles. The second kappa shape index (κ2) is 6.72. The Morgan fingerprint density at radius 2 is 2.29 bits per heavy atom. The quantitative estimate of drug-likeness (QED) is 0.766. The van der Waals surface area contributed by atoms with Crippen LogP contribution in [0, 0.1) is 0 Å². The second-order valence-electron chi connectivity index (χ2n) is 5.94. The third-order valence-electron chi connectivity index (χ3n) is 4.40. The molecular formula is C14H25N5O2. The molecule has 2 saturated heterocycles. The van der Waals surface area contributed by atoms with Crippen LogP contribution in [0.2, 0.25) is 0 Å². The van der Waals surface area contributed by atoms with Gasteiger partial charge in [-0.2, -0.15) is 0 Å². The predicted octanol–water partition coefficient (Wildman–Crippen LogP) is 0.479. The van der Waals surface area contributed by atoms with E-state index >= 15 is 0 Å². The summed E-state index contributed by atoms with van der Waals surface area (Å²) in [4.78, 5) is 4.85. The van der Waals surface area contributed by atoms with E-state index in [2.05, 4.69) is 32.2 Å². The molecule has 0 radical (unpaired) electrons. The zero-order chi connectivity index (χ0) is 14.7. The van der Waals surface area contributed by atoms with Gasteiger partial charge in [-0.25, -0.2) is 0 Å². The summed E-state index contributed by atoms with van der Waals surface area (Å²) in [6, 6.07) is 1.74. The zero-order valence-electron chi connectivity index (χ0n) is 12.9. The molecule has 0 bridgehead atoms. The normalized spacial score (nSPS) is 26.3. The van der Waals surface area contributed by atoms with Gasteiger partial charge in [-0.3, -0.25) is 4.90 Å². The largest absolute Gasteiger partial charge is 0.407 e. The molecule has 3 rings (SSSR count). The maximum Gasteiger partial charge on any atom is 0.318 e. The maximum atomic E-state index is 5.80. The van der Waals surface area contributed by atoms with E-state index in [-0.39, 0.29) is 0 Å². The molecule has 118 valence electrons. The highest BCUT2D eigenvalue weighted by Crippen LogP contribution is 2.27. The van der Waals surface area contributed by atoms with Crippen molar-refractivity contribution in [2.45, 2.75) is 38.4 Å². The molecule has 0 spiro atoms. The zero-order valence-corrected chi connectivity index (χ0v) is 12.9. The van der Waals surface area contributed by atoms with E-state index < -0.39 is 0 Å². The van der Waals surface area contributed by atoms with Crippen molar-refractivity contribution in [2.24, 2.45) is 0 Å². The molecule has 0 aliphatic carbocycles. The van der Waals surface area contributed by atoms with E-state index in [0.29, 0.717) is 37.1 Å². The van der Waals surface area contributed by atoms with Gasteiger partial charge in [-0.15, -0.1) is 5.10 Å². The van der Waals surface area contributed by atoms with Crippen molar-refractivity contribution < 1.29 is 9.15 Å². The summed E-state index contributed by atoms with van der Waals surface area (Å²) < 4.78 is 10.8. The molecule has 1 aromatic rings. The Morgan fingerprint density at radius 1 is 1.38 bits per heavy atom. The van der Waals surface area contributed by atoms with Crippen LogP contribution < -0.4 is 10.2 Å². The van der Waals surface area contributed by atoms with Gasteiger partial charge in [-0.1, -0.05) is 5.10 Å². The first kappa shape index (κ1) is 14.7. The average molecular weight is 295 g/mol. The fourth-order valence-corrected chi connectivity index (χ4v) is 3.26. The van der Waals surface area contributed by atoms with Crippen LogP contribution in [0.15, 0.2) is 4.42 Å². The topological polar surface area (TPSA) is 66.7 Å². The summed E-state index contributed by atoms with van der Waals surface area (Å²) in [5.74, 6) is 0.641. The summed E-state index contributed by atoms with van der Waals surface area (Å²) in [6.07, 6.45) is 2.59. The Hall–Kier alpha value is -1.18. The highest BCUT2D eigenvalue weighted by molar-refractivity contribution is 5.29. The number of rotatable bonds is 6. The van der Waals surface area contributed by atoms with Crippen molar-refractivity contribution in [2.75, 3.05) is 44.8 Å². The number of fused-ring (bicyclic) bond motifs is 1. The molecule has 2 atom stereocenters. The Kier molecular flexibility index (Phi) is 4.72. The minimum absolute atomic E-state index is 0.425. The van der Waals surface area contributed by atoms with Gasteiger partial charge in [0.2, 0.25) is 5.89 Å². The lowest BCUT2D eigenvalue weighted by Crippen LogP contribution is -2.55. The standard InChI is InChI=1S/C14H25N5O2/c1-11-9-18-6-3-4-12(18)10-19(11)14-17-16-13(21-14)8-15-5-7-20-2/h11-12,15H,3-10H2,1-2H3. The van der Waals surface area contributed by atoms with Crippen molar-refractivity contribution in [3.05, 3.63) is 5.89 Å². The van der Waals surface area contributed by atoms with E-state index in [0.717, 1.165) is 19.6 Å². The van der Waals surface area contributed by atoms with Gasteiger partial charge >= 0.3 is 6.01 Å². The molecule has 0 amide bonds. The summed E-state index contributed by atoms with van der Waals surface area (Å²) >= 11 is 0. The summed E-state index contributed by atoms with van der Waals surface area (Å²) in [6.45, 7) is 7.62. The van der Waals surface area contributed by atoms with Crippen molar-refractivity contribution in [3.63, 3.8) is 0 Å². The predicted molar refractivity (Wildman–Crippen MR) is 79.3 cm³/mol. The number of aromatic nitrogens is 2. The van der Waals surface area contributed by atoms with Crippen LogP contribution in [0.3, 0.4) is 0 Å². The summed E-state index contributed by atoms with van der Waals surface area (Å²) in [5.41, 5.74) is 0. The lowest BCUT2D eigenvalue weighted by atomic mass is 10.1. The molecule has 7 nitrogen and oxygen atoms in total. The van der Waals surface area contributed by atoms with Gasteiger partial charge in [-0.05, 0) is 26.3 Å². The minimum atomic E-state index is 0.425. The van der Waals surface area contributed by atoms with Crippen molar-refractivity contribution >= 4 is 6.01 Å². The first-order valence-electron chi connectivity index (χ1n) is 7.80. The molecule has 2 fully saturated rings. The number of hydrogen-bond donors (Lipinski definition) is 1. The third kappa shape index (κ3) is 3.36. The molecular weight excluding hydrogens is 270 g/mol. The maximum absolute atomic E-state index is 5.80. The summed E-state index contributed by atoms with van der Waals surface area (Å²) in [7, 11) is 1.69. The highest BCUT2D eigenvalue weighted by atomic mass is 16.5. The molecule has 21 heavy (non-hydrogen) atoms. The average Bonchev–Trinajstić information content (AvgIpc) is 3.11. The van der Waals surface area contributed by atoms with Crippen molar-refractivity contribution in [3.8, 4) is 0 Å². The lowest BCUT2D eigenvalue weighted by Gasteiger charge is -2.41. The molecule has 0 aromatic carbocycles. The van der Waals surface area contributed by atoms with E-state index in [4.69, 9.17) is 9.15 Å². The lowest BCUT2D eigenvalue weighted by molar-refractivity contribution is 0.195. The van der Waals surface area contributed by atoms with E-state index in [1.807, 2.05) is 0 Å². The Balaban J connectivity index is 1.57. The molecule has 2 aliphatic heterocycles. The van der Waals surface area contributed by atoms with Gasteiger partial charge < -0.3 is 19.4 Å². The monoisotopic (exact) mass is 295 g/mol. The number of nitrogens with one attached hydrogen (secondary N) is 1. The fraction of sp³-hybridized carbons (Fsp3) is 0.857. The molecule has 1 N–H and O–H groups in total. The molecule has 2 unspecified atom stereocenters. The van der Waals surface area contributed by atoms with Crippen LogP contribution in [0.1, 0.15) is 25.7 Å². The van der Waals surface area contributed by atoms with Gasteiger partial charge in [0.05, 0.1) is 13.2 Å². The Bertz CT molecular complexity index is 452. The third-order valence-corrected chi connectivity index (χ3v) is 4.40. The molecule has 7 heteroatoms. The number of methoxy groups -OCH3 is 1. The van der Waals surface area contributed by atoms with Gasteiger partial charge in [0.1, 0.15) is 0 Å². The second-order valence-corrected chi connectivity index (χ2v) is 5.94. The molecule has 3 heterocycles. The van der Waals surface area contributed by atoms with Crippen LogP contribution in [0.25, 0.3) is 0 Å². The Morgan fingerprint density at radius 3 is 3.14 bits per heavy atom. The highest BCUT2D eigenvalue weighted by Gasteiger charge is 2.36. The number of anilines is 1. The number of nitrogens with zero attached hydrogens (tertiary/aromatic N) is 4. The van der Waals surface area contributed by atoms with Crippen LogP contribution in [-0.4, -0.2) is 67.1 Å². The van der Waals surface area contributed by atoms with Crippen molar-refractivity contribution in [1.29, 1.82) is 0 Å². The number of hydrogen-bond acceptors (Lipinski definition) is 7. The van der Waals surface area contributed by atoms with E-state index in [1.165, 1.54) is 19.4 Å². The Labute approximate surface area is 125 Å². The first-order chi connectivity index (χ1) is 10.3. The molecule has 2 aliphatic rings. The van der Waals surface area contributed by atoms with Crippen LogP contribution in [0.4, 0.5) is 6.01 Å². The minimum Gasteiger partial charge on any atom is -0.407 e. The van der Waals surface area contributed by atoms with Crippen LogP contribution in [-0.2, 0) is 11.3 Å². The molecule has 1 aromatic heterocycles. The smallest absolute Gasteiger partial charge is 0.318 e. The van der Waals surface area contributed by atoms with Crippen molar-refractivity contribution in [1.82, 2.24) is 20.4 Å². The van der Waals surface area contributed by atoms with Crippen LogP contribution in [0.5, 0.6) is 0 Å². The first-order valence-corrected chi connectivity index (χ1v) is 7.80. The fourth-order valence-electron chi connectivity index (χ4n) is 3.26. The van der Waals surface area contributed by atoms with Gasteiger partial charge in [0.25, 0.3) is 0 Å². The SMILES string of the molecule is COCCNCc1nnc(N2CC3CCCN3CC2C)o1. The van der Waals surface area contributed by atoms with E-state index in [1.54, 1.807) is 7.11 Å². The van der Waals surface area contributed by atoms with Gasteiger partial charge in [0.15, 0.2) is 0 Å². The number of piperazine rings is 1. The van der Waals surface area contributed by atoms with E-state index in [9.17, 15) is 0 Å².